The van der Waals surface area contributed by atoms with E-state index < -0.39 is 22.0 Å². The van der Waals surface area contributed by atoms with Crippen molar-refractivity contribution in [2.45, 2.75) is 44.2 Å². The van der Waals surface area contributed by atoms with E-state index in [1.807, 2.05) is 13.8 Å². The van der Waals surface area contributed by atoms with E-state index >= 15 is 0 Å². The molecule has 2 amide bonds. The Labute approximate surface area is 143 Å². The van der Waals surface area contributed by atoms with Crippen molar-refractivity contribution in [3.8, 4) is 0 Å². The number of hydrogen-bond donors (Lipinski definition) is 2. The van der Waals surface area contributed by atoms with Crippen LogP contribution in [-0.4, -0.2) is 55.4 Å². The first kappa shape index (κ1) is 18.7. The molecule has 3 unspecified atom stereocenters. The molecule has 134 valence electrons. The average molecular weight is 354 g/mol. The van der Waals surface area contributed by atoms with Crippen LogP contribution in [0.3, 0.4) is 0 Å². The summed E-state index contributed by atoms with van der Waals surface area (Å²) in [5.74, 6) is 0.0163. The molecular formula is C17H26N2O4S. The summed E-state index contributed by atoms with van der Waals surface area (Å²) in [7, 11) is -3.45. The van der Waals surface area contributed by atoms with E-state index in [0.29, 0.717) is 6.54 Å². The third-order valence-corrected chi connectivity index (χ3v) is 6.35. The van der Waals surface area contributed by atoms with Crippen LogP contribution in [-0.2, 0) is 9.84 Å². The molecule has 1 aliphatic rings. The van der Waals surface area contributed by atoms with Crippen molar-refractivity contribution in [3.05, 3.63) is 29.8 Å². The number of piperidine rings is 1. The molecule has 24 heavy (non-hydrogen) atoms. The van der Waals surface area contributed by atoms with Gasteiger partial charge in [0.1, 0.15) is 0 Å². The van der Waals surface area contributed by atoms with Crippen molar-refractivity contribution >= 4 is 15.9 Å². The Kier molecular flexibility index (Phi) is 5.87. The van der Waals surface area contributed by atoms with Crippen LogP contribution in [0.15, 0.2) is 29.2 Å². The van der Waals surface area contributed by atoms with Crippen molar-refractivity contribution in [2.75, 3.05) is 18.8 Å². The highest BCUT2D eigenvalue weighted by atomic mass is 32.2. The lowest BCUT2D eigenvalue weighted by atomic mass is 9.96. The zero-order valence-corrected chi connectivity index (χ0v) is 15.2. The lowest BCUT2D eigenvalue weighted by Gasteiger charge is -2.34. The number of aliphatic hydroxyl groups excluding tert-OH is 1. The van der Waals surface area contributed by atoms with Crippen LogP contribution in [0.25, 0.3) is 0 Å². The number of urea groups is 1. The van der Waals surface area contributed by atoms with Gasteiger partial charge in [-0.25, -0.2) is 13.2 Å². The molecule has 1 heterocycles. The van der Waals surface area contributed by atoms with Crippen LogP contribution >= 0.6 is 0 Å². The molecule has 6 nitrogen and oxygen atoms in total. The second-order valence-corrected chi connectivity index (χ2v) is 8.76. The Morgan fingerprint density at radius 3 is 2.58 bits per heavy atom. The summed E-state index contributed by atoms with van der Waals surface area (Å²) in [4.78, 5) is 14.0. The molecule has 0 radical (unpaired) electrons. The zero-order valence-electron chi connectivity index (χ0n) is 14.4. The predicted octanol–water partition coefficient (Wildman–Crippen LogP) is 1.57. The maximum absolute atomic E-state index is 12.4. The molecule has 2 N–H and O–H groups in total. The number of aryl methyl sites for hydroxylation is 1. The van der Waals surface area contributed by atoms with E-state index in [0.717, 1.165) is 12.0 Å². The monoisotopic (exact) mass is 354 g/mol. The highest BCUT2D eigenvalue weighted by molar-refractivity contribution is 7.91. The third kappa shape index (κ3) is 4.70. The molecule has 2 rings (SSSR count). The van der Waals surface area contributed by atoms with E-state index in [2.05, 4.69) is 5.32 Å². The second-order valence-electron chi connectivity index (χ2n) is 6.72. The molecular weight excluding hydrogens is 328 g/mol. The molecule has 1 aromatic rings. The van der Waals surface area contributed by atoms with Gasteiger partial charge in [-0.05, 0) is 38.3 Å². The van der Waals surface area contributed by atoms with Crippen molar-refractivity contribution in [1.29, 1.82) is 0 Å². The maximum Gasteiger partial charge on any atom is 0.317 e. The topological polar surface area (TPSA) is 86.7 Å². The summed E-state index contributed by atoms with van der Waals surface area (Å²) in [5, 5.41) is 12.6. The first-order valence-corrected chi connectivity index (χ1v) is 9.87. The standard InChI is InChI=1S/C17H26N2O4S/c1-12-4-6-15(7-5-12)24(22,23)11-14(3)18-17(21)19-9-8-13(2)16(20)10-19/h4-7,13-14,16,20H,8-11H2,1-3H3,(H,18,21). The number of carbonyl (C=O) groups excluding carboxylic acids is 1. The summed E-state index contributed by atoms with van der Waals surface area (Å²) in [6, 6.07) is 5.84. The lowest BCUT2D eigenvalue weighted by molar-refractivity contribution is 0.0432. The van der Waals surface area contributed by atoms with E-state index in [-0.39, 0.29) is 29.1 Å². The highest BCUT2D eigenvalue weighted by Crippen LogP contribution is 2.17. The Morgan fingerprint density at radius 2 is 2.00 bits per heavy atom. The number of nitrogens with one attached hydrogen (secondary N) is 1. The van der Waals surface area contributed by atoms with Crippen LogP contribution in [0.4, 0.5) is 4.79 Å². The molecule has 0 bridgehead atoms. The normalized spacial score (nSPS) is 22.9. The number of β-amino-alcohol motifs (C(OH)–C–C–N with tert-alkyl or cyclic N) is 1. The number of rotatable bonds is 4. The molecule has 7 heteroatoms. The van der Waals surface area contributed by atoms with E-state index in [1.54, 1.807) is 36.1 Å². The second kappa shape index (κ2) is 7.53. The summed E-state index contributed by atoms with van der Waals surface area (Å²) >= 11 is 0. The Bertz CT molecular complexity index is 672. The minimum Gasteiger partial charge on any atom is -0.391 e. The summed E-state index contributed by atoms with van der Waals surface area (Å²) in [6.45, 7) is 6.38. The van der Waals surface area contributed by atoms with Gasteiger partial charge in [0.15, 0.2) is 9.84 Å². The number of hydrogen-bond acceptors (Lipinski definition) is 4. The van der Waals surface area contributed by atoms with Crippen molar-refractivity contribution in [1.82, 2.24) is 10.2 Å². The van der Waals surface area contributed by atoms with Gasteiger partial charge in [0, 0.05) is 19.1 Å². The number of likely N-dealkylation sites (tertiary alicyclic amines) is 1. The van der Waals surface area contributed by atoms with Crippen molar-refractivity contribution in [3.63, 3.8) is 0 Å². The first-order chi connectivity index (χ1) is 11.2. The molecule has 0 aliphatic carbocycles. The molecule has 1 fully saturated rings. The quantitative estimate of drug-likeness (QED) is 0.859. The van der Waals surface area contributed by atoms with Crippen LogP contribution in [0.5, 0.6) is 0 Å². The number of sulfone groups is 1. The third-order valence-electron chi connectivity index (χ3n) is 4.43. The fraction of sp³-hybridized carbons (Fsp3) is 0.588. The Morgan fingerprint density at radius 1 is 1.38 bits per heavy atom. The smallest absolute Gasteiger partial charge is 0.317 e. The number of aliphatic hydroxyl groups is 1. The summed E-state index contributed by atoms with van der Waals surface area (Å²) in [6.07, 6.45) is 0.209. The van der Waals surface area contributed by atoms with Gasteiger partial charge in [-0.15, -0.1) is 0 Å². The Hall–Kier alpha value is -1.60. The van der Waals surface area contributed by atoms with Gasteiger partial charge < -0.3 is 15.3 Å². The minimum absolute atomic E-state index is 0.158. The van der Waals surface area contributed by atoms with E-state index in [4.69, 9.17) is 0 Å². The van der Waals surface area contributed by atoms with Gasteiger partial charge in [-0.2, -0.15) is 0 Å². The largest absolute Gasteiger partial charge is 0.391 e. The van der Waals surface area contributed by atoms with Crippen molar-refractivity contribution < 1.29 is 18.3 Å². The minimum atomic E-state index is -3.45. The Balaban J connectivity index is 1.93. The van der Waals surface area contributed by atoms with E-state index in [1.165, 1.54) is 0 Å². The molecule has 3 atom stereocenters. The maximum atomic E-state index is 12.4. The number of nitrogens with zero attached hydrogens (tertiary/aromatic N) is 1. The number of benzene rings is 1. The van der Waals surface area contributed by atoms with Crippen LogP contribution in [0.2, 0.25) is 0 Å². The summed E-state index contributed by atoms with van der Waals surface area (Å²) in [5.41, 5.74) is 0.994. The number of amides is 2. The van der Waals surface area contributed by atoms with Crippen LogP contribution in [0.1, 0.15) is 25.8 Å². The van der Waals surface area contributed by atoms with Gasteiger partial charge in [0.05, 0.1) is 16.8 Å². The van der Waals surface area contributed by atoms with Gasteiger partial charge in [-0.3, -0.25) is 0 Å². The highest BCUT2D eigenvalue weighted by Gasteiger charge is 2.28. The van der Waals surface area contributed by atoms with Gasteiger partial charge in [0.2, 0.25) is 0 Å². The fourth-order valence-corrected chi connectivity index (χ4v) is 4.23. The SMILES string of the molecule is Cc1ccc(S(=O)(=O)CC(C)NC(=O)N2CCC(C)C(O)C2)cc1. The molecule has 1 aromatic carbocycles. The van der Waals surface area contributed by atoms with Gasteiger partial charge in [0.25, 0.3) is 0 Å². The first-order valence-electron chi connectivity index (χ1n) is 8.22. The van der Waals surface area contributed by atoms with Crippen LogP contribution < -0.4 is 5.32 Å². The molecule has 0 aromatic heterocycles. The van der Waals surface area contributed by atoms with Gasteiger partial charge in [-0.1, -0.05) is 24.6 Å². The van der Waals surface area contributed by atoms with E-state index in [9.17, 15) is 18.3 Å². The van der Waals surface area contributed by atoms with Gasteiger partial charge >= 0.3 is 6.03 Å². The molecule has 1 saturated heterocycles. The molecule has 1 aliphatic heterocycles. The number of carbonyl (C=O) groups is 1. The summed E-state index contributed by atoms with van der Waals surface area (Å²) < 4.78 is 24.8. The van der Waals surface area contributed by atoms with Crippen LogP contribution in [0, 0.1) is 12.8 Å². The zero-order chi connectivity index (χ0) is 17.9. The fourth-order valence-electron chi connectivity index (χ4n) is 2.75. The lowest BCUT2D eigenvalue weighted by Crippen LogP contribution is -2.52. The van der Waals surface area contributed by atoms with Crippen molar-refractivity contribution in [2.24, 2.45) is 5.92 Å². The molecule has 0 saturated carbocycles. The average Bonchev–Trinajstić information content (AvgIpc) is 2.49. The predicted molar refractivity (Wildman–Crippen MR) is 92.6 cm³/mol. The molecule has 0 spiro atoms.